The average Bonchev–Trinajstić information content (AvgIpc) is 3.22. The monoisotopic (exact) mass is 474 g/mol. The Morgan fingerprint density at radius 2 is 1.91 bits per heavy atom. The SMILES string of the molecule is CC[C@@]1(O)C(=O)OCc2c1cc1n(c2=O)Cc2c-1nc1ccccc1c2Sc1ccc(F)cc1. The van der Waals surface area contributed by atoms with Gasteiger partial charge < -0.3 is 14.4 Å². The van der Waals surface area contributed by atoms with Gasteiger partial charge in [-0.2, -0.15) is 0 Å². The number of hydrogen-bond acceptors (Lipinski definition) is 6. The Morgan fingerprint density at radius 1 is 1.15 bits per heavy atom. The molecule has 0 unspecified atom stereocenters. The largest absolute Gasteiger partial charge is 0.458 e. The number of cyclic esters (lactones) is 1. The molecule has 0 saturated heterocycles. The van der Waals surface area contributed by atoms with Gasteiger partial charge in [0.05, 0.1) is 29.0 Å². The van der Waals surface area contributed by atoms with Crippen LogP contribution in [0.1, 0.15) is 30.0 Å². The summed E-state index contributed by atoms with van der Waals surface area (Å²) in [5, 5.41) is 12.0. The van der Waals surface area contributed by atoms with Gasteiger partial charge in [-0.05, 0) is 42.8 Å². The lowest BCUT2D eigenvalue weighted by Gasteiger charge is -2.31. The molecule has 0 aliphatic carbocycles. The van der Waals surface area contributed by atoms with Gasteiger partial charge in [0, 0.05) is 26.3 Å². The maximum atomic E-state index is 13.5. The van der Waals surface area contributed by atoms with Crippen LogP contribution in [0.3, 0.4) is 0 Å². The molecule has 2 aliphatic heterocycles. The quantitative estimate of drug-likeness (QED) is 0.391. The maximum Gasteiger partial charge on any atom is 0.343 e. The molecule has 34 heavy (non-hydrogen) atoms. The number of para-hydroxylation sites is 1. The number of ether oxygens (including phenoxy) is 1. The highest BCUT2D eigenvalue weighted by molar-refractivity contribution is 7.99. The van der Waals surface area contributed by atoms with E-state index < -0.39 is 11.6 Å². The number of benzene rings is 2. The second-order valence-corrected chi connectivity index (χ2v) is 9.53. The molecule has 6 nitrogen and oxygen atoms in total. The van der Waals surface area contributed by atoms with Crippen LogP contribution in [0, 0.1) is 5.82 Å². The molecule has 8 heteroatoms. The zero-order valence-corrected chi connectivity index (χ0v) is 19.0. The third-order valence-electron chi connectivity index (χ3n) is 6.58. The van der Waals surface area contributed by atoms with Crippen molar-refractivity contribution < 1.29 is 19.0 Å². The molecule has 1 atom stereocenters. The first-order chi connectivity index (χ1) is 16.4. The van der Waals surface area contributed by atoms with E-state index in [0.29, 0.717) is 17.9 Å². The fourth-order valence-electron chi connectivity index (χ4n) is 4.73. The van der Waals surface area contributed by atoms with Crippen LogP contribution in [0.5, 0.6) is 0 Å². The highest BCUT2D eigenvalue weighted by atomic mass is 32.2. The number of aromatic nitrogens is 2. The first-order valence-electron chi connectivity index (χ1n) is 10.9. The minimum atomic E-state index is -1.87. The summed E-state index contributed by atoms with van der Waals surface area (Å²) < 4.78 is 20.3. The van der Waals surface area contributed by atoms with Crippen molar-refractivity contribution in [1.82, 2.24) is 9.55 Å². The molecule has 0 bridgehead atoms. The molecular formula is C26H19FN2O4S. The lowest BCUT2D eigenvalue weighted by molar-refractivity contribution is -0.172. The second kappa shape index (κ2) is 7.51. The summed E-state index contributed by atoms with van der Waals surface area (Å²) in [5.74, 6) is -1.05. The van der Waals surface area contributed by atoms with Gasteiger partial charge in [0.1, 0.15) is 12.4 Å². The van der Waals surface area contributed by atoms with Crippen molar-refractivity contribution in [2.75, 3.05) is 0 Å². The van der Waals surface area contributed by atoms with Crippen molar-refractivity contribution >= 4 is 28.6 Å². The van der Waals surface area contributed by atoms with E-state index in [-0.39, 0.29) is 35.5 Å². The van der Waals surface area contributed by atoms with E-state index in [4.69, 9.17) is 9.72 Å². The summed E-state index contributed by atoms with van der Waals surface area (Å²) in [6, 6.07) is 15.7. The molecule has 0 fully saturated rings. The van der Waals surface area contributed by atoms with Crippen LogP contribution < -0.4 is 5.56 Å². The molecular weight excluding hydrogens is 455 g/mol. The summed E-state index contributed by atoms with van der Waals surface area (Å²) in [6.45, 7) is 1.81. The predicted octanol–water partition coefficient (Wildman–Crippen LogP) is 4.37. The van der Waals surface area contributed by atoms with E-state index >= 15 is 0 Å². The number of fused-ring (bicyclic) bond motifs is 5. The van der Waals surface area contributed by atoms with Gasteiger partial charge in [0.25, 0.3) is 5.56 Å². The van der Waals surface area contributed by atoms with Crippen LogP contribution in [0.2, 0.25) is 0 Å². The fourth-order valence-corrected chi connectivity index (χ4v) is 5.80. The standard InChI is InChI=1S/C26H19FN2O4S/c1-2-26(32)19-11-21-22-17(12-29(21)24(30)18(19)13-33-25(26)31)23(16-5-3-4-6-20(16)28-22)34-15-9-7-14(27)8-10-15/h3-11,32H,2,12-13H2,1H3/t26-/m0/s1. The number of rotatable bonds is 3. The Kier molecular flexibility index (Phi) is 4.65. The molecule has 2 aromatic heterocycles. The molecule has 0 radical (unpaired) electrons. The normalized spacial score (nSPS) is 18.4. The minimum Gasteiger partial charge on any atom is -0.458 e. The Bertz CT molecular complexity index is 1560. The number of hydrogen-bond donors (Lipinski definition) is 1. The summed E-state index contributed by atoms with van der Waals surface area (Å²) in [5.41, 5.74) is 1.25. The van der Waals surface area contributed by atoms with E-state index in [0.717, 1.165) is 26.3 Å². The van der Waals surface area contributed by atoms with Crippen LogP contribution in [0.4, 0.5) is 4.39 Å². The van der Waals surface area contributed by atoms with Crippen LogP contribution in [0.25, 0.3) is 22.3 Å². The van der Waals surface area contributed by atoms with Crippen molar-refractivity contribution in [3.05, 3.63) is 87.5 Å². The Morgan fingerprint density at radius 3 is 2.68 bits per heavy atom. The molecule has 6 rings (SSSR count). The first kappa shape index (κ1) is 21.1. The Balaban J connectivity index is 1.60. The zero-order valence-electron chi connectivity index (χ0n) is 18.2. The van der Waals surface area contributed by atoms with Gasteiger partial charge in [-0.3, -0.25) is 4.79 Å². The van der Waals surface area contributed by atoms with Crippen molar-refractivity contribution in [2.45, 2.75) is 41.9 Å². The van der Waals surface area contributed by atoms with E-state index in [1.807, 2.05) is 24.3 Å². The molecule has 0 amide bonds. The summed E-state index contributed by atoms with van der Waals surface area (Å²) in [4.78, 5) is 32.5. The average molecular weight is 475 g/mol. The van der Waals surface area contributed by atoms with Crippen LogP contribution in [0.15, 0.2) is 69.2 Å². The topological polar surface area (TPSA) is 81.4 Å². The van der Waals surface area contributed by atoms with Gasteiger partial charge in [-0.1, -0.05) is 36.9 Å². The minimum absolute atomic E-state index is 0.0887. The van der Waals surface area contributed by atoms with Crippen molar-refractivity contribution in [2.24, 2.45) is 0 Å². The van der Waals surface area contributed by atoms with Gasteiger partial charge in [0.2, 0.25) is 0 Å². The third kappa shape index (κ3) is 2.95. The maximum absolute atomic E-state index is 13.5. The molecule has 170 valence electrons. The second-order valence-electron chi connectivity index (χ2n) is 8.44. The van der Waals surface area contributed by atoms with E-state index in [9.17, 15) is 19.1 Å². The third-order valence-corrected chi connectivity index (χ3v) is 7.75. The lowest BCUT2D eigenvalue weighted by Crippen LogP contribution is -2.44. The van der Waals surface area contributed by atoms with Crippen molar-refractivity contribution in [1.29, 1.82) is 0 Å². The molecule has 4 heterocycles. The molecule has 1 N–H and O–H groups in total. The van der Waals surface area contributed by atoms with Crippen molar-refractivity contribution in [3.63, 3.8) is 0 Å². The smallest absolute Gasteiger partial charge is 0.343 e. The number of nitrogens with zero attached hydrogens (tertiary/aromatic N) is 2. The lowest BCUT2D eigenvalue weighted by atomic mass is 9.86. The van der Waals surface area contributed by atoms with Crippen LogP contribution in [-0.4, -0.2) is 20.6 Å². The van der Waals surface area contributed by atoms with E-state index in [1.54, 1.807) is 29.7 Å². The van der Waals surface area contributed by atoms with Crippen LogP contribution in [-0.2, 0) is 28.3 Å². The fraction of sp³-hybridized carbons (Fsp3) is 0.192. The molecule has 0 saturated carbocycles. The Labute approximate surface area is 198 Å². The van der Waals surface area contributed by atoms with Gasteiger partial charge in [0.15, 0.2) is 5.60 Å². The number of halogens is 1. The summed E-state index contributed by atoms with van der Waals surface area (Å²) in [7, 11) is 0. The summed E-state index contributed by atoms with van der Waals surface area (Å²) >= 11 is 1.49. The number of carbonyl (C=O) groups is 1. The molecule has 2 aliphatic rings. The van der Waals surface area contributed by atoms with Gasteiger partial charge in [-0.25, -0.2) is 14.2 Å². The summed E-state index contributed by atoms with van der Waals surface area (Å²) in [6.07, 6.45) is 0.0887. The zero-order chi connectivity index (χ0) is 23.6. The number of aliphatic hydroxyl groups is 1. The highest BCUT2D eigenvalue weighted by Crippen LogP contribution is 2.44. The van der Waals surface area contributed by atoms with Crippen LogP contribution >= 0.6 is 11.8 Å². The van der Waals surface area contributed by atoms with E-state index in [2.05, 4.69) is 0 Å². The molecule has 4 aromatic rings. The predicted molar refractivity (Wildman–Crippen MR) is 125 cm³/mol. The number of carbonyl (C=O) groups excluding carboxylic acids is 1. The number of pyridine rings is 2. The Hall–Kier alpha value is -3.49. The molecule has 0 spiro atoms. The van der Waals surface area contributed by atoms with Crippen molar-refractivity contribution in [3.8, 4) is 11.4 Å². The molecule has 2 aromatic carbocycles. The first-order valence-corrected chi connectivity index (χ1v) is 11.7. The van der Waals surface area contributed by atoms with E-state index in [1.165, 1.54) is 23.9 Å². The van der Waals surface area contributed by atoms with Gasteiger partial charge in [-0.15, -0.1) is 0 Å². The number of esters is 1. The van der Waals surface area contributed by atoms with Gasteiger partial charge >= 0.3 is 5.97 Å². The highest BCUT2D eigenvalue weighted by Gasteiger charge is 2.45.